The van der Waals surface area contributed by atoms with E-state index in [0.29, 0.717) is 39.4 Å². The molecule has 0 spiro atoms. The molecule has 0 saturated heterocycles. The summed E-state index contributed by atoms with van der Waals surface area (Å²) in [7, 11) is 0. The zero-order valence-electron chi connectivity index (χ0n) is 15.9. The SMILES string of the molecule is O=C1CCCC2=C1C(c1ccccc1F)n1nc(SCc3ccccc3Cl)nc1N2. The van der Waals surface area contributed by atoms with E-state index in [1.165, 1.54) is 17.8 Å². The number of hydrogen-bond acceptors (Lipinski definition) is 5. The first-order chi connectivity index (χ1) is 14.6. The number of fused-ring (bicyclic) bond motifs is 1. The molecule has 1 unspecified atom stereocenters. The van der Waals surface area contributed by atoms with Crippen LogP contribution in [0.25, 0.3) is 0 Å². The second kappa shape index (κ2) is 7.89. The number of aromatic nitrogens is 3. The van der Waals surface area contributed by atoms with Crippen LogP contribution in [0.5, 0.6) is 0 Å². The summed E-state index contributed by atoms with van der Waals surface area (Å²) in [5.41, 5.74) is 2.83. The summed E-state index contributed by atoms with van der Waals surface area (Å²) in [6, 6.07) is 13.6. The number of anilines is 1. The molecule has 0 amide bonds. The Bertz CT molecular complexity index is 1180. The fourth-order valence-corrected chi connectivity index (χ4v) is 5.05. The largest absolute Gasteiger partial charge is 0.328 e. The number of nitrogens with zero attached hydrogens (tertiary/aromatic N) is 3. The highest BCUT2D eigenvalue weighted by Gasteiger charge is 2.37. The first kappa shape index (κ1) is 19.3. The zero-order valence-corrected chi connectivity index (χ0v) is 17.5. The molecule has 1 aliphatic carbocycles. The summed E-state index contributed by atoms with van der Waals surface area (Å²) in [5.74, 6) is 0.808. The van der Waals surface area contributed by atoms with Crippen molar-refractivity contribution in [3.63, 3.8) is 0 Å². The Balaban J connectivity index is 1.53. The Hall–Kier alpha value is -2.64. The van der Waals surface area contributed by atoms with E-state index in [2.05, 4.69) is 15.4 Å². The number of nitrogens with one attached hydrogen (secondary N) is 1. The summed E-state index contributed by atoms with van der Waals surface area (Å²) in [5, 5.41) is 9.14. The van der Waals surface area contributed by atoms with Crippen molar-refractivity contribution in [2.24, 2.45) is 0 Å². The highest BCUT2D eigenvalue weighted by molar-refractivity contribution is 7.98. The number of ketones is 1. The van der Waals surface area contributed by atoms with Gasteiger partial charge in [-0.05, 0) is 30.5 Å². The third-order valence-electron chi connectivity index (χ3n) is 5.36. The Kier molecular flexibility index (Phi) is 5.08. The van der Waals surface area contributed by atoms with Gasteiger partial charge in [-0.3, -0.25) is 4.79 Å². The van der Waals surface area contributed by atoms with Crippen molar-refractivity contribution >= 4 is 35.1 Å². The molecule has 5 rings (SSSR count). The molecule has 2 aromatic carbocycles. The van der Waals surface area contributed by atoms with Gasteiger partial charge in [0.25, 0.3) is 0 Å². The van der Waals surface area contributed by atoms with Crippen LogP contribution in [-0.2, 0) is 10.5 Å². The van der Waals surface area contributed by atoms with Gasteiger partial charge in [-0.2, -0.15) is 4.98 Å². The van der Waals surface area contributed by atoms with Crippen LogP contribution < -0.4 is 5.32 Å². The number of thioether (sulfide) groups is 1. The molecule has 30 heavy (non-hydrogen) atoms. The van der Waals surface area contributed by atoms with Gasteiger partial charge in [0.2, 0.25) is 11.1 Å². The van der Waals surface area contributed by atoms with Crippen LogP contribution in [-0.4, -0.2) is 20.5 Å². The van der Waals surface area contributed by atoms with Crippen molar-refractivity contribution in [1.29, 1.82) is 0 Å². The fourth-order valence-electron chi connectivity index (χ4n) is 3.94. The number of Topliss-reactive ketones (excluding diaryl/α,β-unsaturated/α-hetero) is 1. The van der Waals surface area contributed by atoms with E-state index in [1.807, 2.05) is 24.3 Å². The number of allylic oxidation sites excluding steroid dienone is 2. The normalized spacial score (nSPS) is 18.1. The quantitative estimate of drug-likeness (QED) is 0.551. The lowest BCUT2D eigenvalue weighted by Crippen LogP contribution is -2.32. The summed E-state index contributed by atoms with van der Waals surface area (Å²) in [4.78, 5) is 17.4. The number of benzene rings is 2. The van der Waals surface area contributed by atoms with E-state index in [0.717, 1.165) is 24.1 Å². The lowest BCUT2D eigenvalue weighted by molar-refractivity contribution is -0.116. The smallest absolute Gasteiger partial charge is 0.227 e. The molecule has 2 aliphatic rings. The molecule has 1 aliphatic heterocycles. The Morgan fingerprint density at radius 2 is 1.97 bits per heavy atom. The Labute approximate surface area is 182 Å². The number of carbonyl (C=O) groups is 1. The maximum Gasteiger partial charge on any atom is 0.227 e. The van der Waals surface area contributed by atoms with Crippen molar-refractivity contribution < 1.29 is 9.18 Å². The van der Waals surface area contributed by atoms with Crippen molar-refractivity contribution in [3.8, 4) is 0 Å². The van der Waals surface area contributed by atoms with E-state index in [1.54, 1.807) is 22.9 Å². The molecule has 1 atom stereocenters. The lowest BCUT2D eigenvalue weighted by Gasteiger charge is -2.32. The van der Waals surface area contributed by atoms with Crippen LogP contribution >= 0.6 is 23.4 Å². The van der Waals surface area contributed by atoms with Crippen LogP contribution in [0.15, 0.2) is 65.0 Å². The van der Waals surface area contributed by atoms with Crippen LogP contribution in [0.4, 0.5) is 10.3 Å². The summed E-state index contributed by atoms with van der Waals surface area (Å²) in [6.07, 6.45) is 1.97. The average molecular weight is 441 g/mol. The second-order valence-corrected chi connectivity index (χ2v) is 8.61. The molecule has 8 heteroatoms. The van der Waals surface area contributed by atoms with Gasteiger partial charge >= 0.3 is 0 Å². The lowest BCUT2D eigenvalue weighted by atomic mass is 9.85. The van der Waals surface area contributed by atoms with E-state index in [9.17, 15) is 9.18 Å². The summed E-state index contributed by atoms with van der Waals surface area (Å²) < 4.78 is 16.4. The molecular weight excluding hydrogens is 423 g/mol. The fraction of sp³-hybridized carbons (Fsp3) is 0.227. The van der Waals surface area contributed by atoms with Crippen molar-refractivity contribution in [2.45, 2.75) is 36.2 Å². The molecule has 5 nitrogen and oxygen atoms in total. The van der Waals surface area contributed by atoms with Crippen molar-refractivity contribution in [3.05, 3.63) is 81.8 Å². The monoisotopic (exact) mass is 440 g/mol. The molecule has 0 bridgehead atoms. The van der Waals surface area contributed by atoms with Gasteiger partial charge in [-0.25, -0.2) is 9.07 Å². The molecule has 0 saturated carbocycles. The number of rotatable bonds is 4. The average Bonchev–Trinajstić information content (AvgIpc) is 3.15. The third kappa shape index (κ3) is 3.42. The number of halogens is 2. The number of hydrogen-bond donors (Lipinski definition) is 1. The minimum atomic E-state index is -0.618. The van der Waals surface area contributed by atoms with Gasteiger partial charge in [0.1, 0.15) is 11.9 Å². The van der Waals surface area contributed by atoms with Gasteiger partial charge in [0, 0.05) is 34.0 Å². The maximum atomic E-state index is 14.7. The van der Waals surface area contributed by atoms with Crippen LogP contribution in [0.3, 0.4) is 0 Å². The first-order valence-electron chi connectivity index (χ1n) is 9.72. The minimum Gasteiger partial charge on any atom is -0.328 e. The molecule has 152 valence electrons. The topological polar surface area (TPSA) is 59.8 Å². The highest BCUT2D eigenvalue weighted by Crippen LogP contribution is 2.41. The molecule has 2 heterocycles. The minimum absolute atomic E-state index is 0.0309. The van der Waals surface area contributed by atoms with Gasteiger partial charge < -0.3 is 5.32 Å². The molecular formula is C22H18ClFN4OS. The number of carbonyl (C=O) groups excluding carboxylic acids is 1. The summed E-state index contributed by atoms with van der Waals surface area (Å²) >= 11 is 7.71. The van der Waals surface area contributed by atoms with Gasteiger partial charge in [-0.1, -0.05) is 59.8 Å². The van der Waals surface area contributed by atoms with Crippen molar-refractivity contribution in [1.82, 2.24) is 14.8 Å². The van der Waals surface area contributed by atoms with E-state index >= 15 is 0 Å². The van der Waals surface area contributed by atoms with Crippen LogP contribution in [0.2, 0.25) is 5.02 Å². The molecule has 3 aromatic rings. The maximum absolute atomic E-state index is 14.7. The first-order valence-corrected chi connectivity index (χ1v) is 11.1. The molecule has 0 fully saturated rings. The zero-order chi connectivity index (χ0) is 20.7. The predicted octanol–water partition coefficient (Wildman–Crippen LogP) is 5.38. The van der Waals surface area contributed by atoms with Gasteiger partial charge in [-0.15, -0.1) is 5.10 Å². The van der Waals surface area contributed by atoms with Gasteiger partial charge in [0.15, 0.2) is 5.78 Å². The van der Waals surface area contributed by atoms with E-state index in [-0.39, 0.29) is 11.6 Å². The third-order valence-corrected chi connectivity index (χ3v) is 6.62. The van der Waals surface area contributed by atoms with Crippen LogP contribution in [0, 0.1) is 5.82 Å². The standard InChI is InChI=1S/C22H18ClFN4OS/c23-15-8-3-1-6-13(15)12-30-22-26-21-25-17-10-5-11-18(29)19(17)20(28(21)27-22)14-7-2-4-9-16(14)24/h1-4,6-9,20H,5,10-12H2,(H,25,26,27). The molecule has 1 N–H and O–H groups in total. The second-order valence-electron chi connectivity index (χ2n) is 7.26. The van der Waals surface area contributed by atoms with Gasteiger partial charge in [0.05, 0.1) is 0 Å². The molecule has 1 aromatic heterocycles. The molecule has 0 radical (unpaired) electrons. The van der Waals surface area contributed by atoms with Crippen LogP contribution in [0.1, 0.15) is 36.4 Å². The van der Waals surface area contributed by atoms with E-state index < -0.39 is 6.04 Å². The highest BCUT2D eigenvalue weighted by atomic mass is 35.5. The Morgan fingerprint density at radius 3 is 2.80 bits per heavy atom. The predicted molar refractivity (Wildman–Crippen MR) is 115 cm³/mol. The Morgan fingerprint density at radius 1 is 1.17 bits per heavy atom. The van der Waals surface area contributed by atoms with E-state index in [4.69, 9.17) is 11.6 Å². The summed E-state index contributed by atoms with van der Waals surface area (Å²) in [6.45, 7) is 0. The van der Waals surface area contributed by atoms with Crippen molar-refractivity contribution in [2.75, 3.05) is 5.32 Å².